The minimum absolute atomic E-state index is 0.0379. The number of esters is 1. The van der Waals surface area contributed by atoms with Crippen molar-refractivity contribution in [2.75, 3.05) is 41.8 Å². The Morgan fingerprint density at radius 2 is 1.69 bits per heavy atom. The van der Waals surface area contributed by atoms with E-state index in [0.29, 0.717) is 66.2 Å². The summed E-state index contributed by atoms with van der Waals surface area (Å²) in [7, 11) is 1.77. The minimum Gasteiger partial charge on any atom is -0.494 e. The number of nitrogens with zero attached hydrogens (tertiary/aromatic N) is 6. The largest absolute Gasteiger partial charge is 0.494 e. The van der Waals surface area contributed by atoms with E-state index in [9.17, 15) is 24.0 Å². The number of rotatable bonds is 14. The Morgan fingerprint density at radius 3 is 2.46 bits per heavy atom. The molecule has 2 saturated heterocycles. The summed E-state index contributed by atoms with van der Waals surface area (Å²) in [6, 6.07) is 25.5. The van der Waals surface area contributed by atoms with Gasteiger partial charge in [0.25, 0.3) is 5.91 Å². The molecule has 0 radical (unpaired) electrons. The van der Waals surface area contributed by atoms with Crippen molar-refractivity contribution in [3.05, 3.63) is 125 Å². The summed E-state index contributed by atoms with van der Waals surface area (Å²) in [4.78, 5) is 78.6. The molecule has 6 heterocycles. The van der Waals surface area contributed by atoms with E-state index in [-0.39, 0.29) is 78.4 Å². The van der Waals surface area contributed by atoms with Gasteiger partial charge in [-0.15, -0.1) is 0 Å². The summed E-state index contributed by atoms with van der Waals surface area (Å²) < 4.78 is 59.5. The second kappa shape index (κ2) is 22.0. The van der Waals surface area contributed by atoms with Crippen molar-refractivity contribution in [2.24, 2.45) is 13.0 Å². The number of aryl methyl sites for hydroxylation is 1. The molecule has 0 spiro atoms. The van der Waals surface area contributed by atoms with Gasteiger partial charge in [0.15, 0.2) is 10.8 Å². The first-order valence-corrected chi connectivity index (χ1v) is 27.0. The molecule has 1 unspecified atom stereocenters. The summed E-state index contributed by atoms with van der Waals surface area (Å²) >= 11 is 1.37. The van der Waals surface area contributed by atoms with Crippen LogP contribution < -0.4 is 25.6 Å². The number of thiazole rings is 1. The molecule has 3 atom stereocenters. The predicted octanol–water partition coefficient (Wildman–Crippen LogP) is 10.5. The zero-order valence-corrected chi connectivity index (χ0v) is 44.8. The first kappa shape index (κ1) is 53.7. The molecule has 406 valence electrons. The van der Waals surface area contributed by atoms with Crippen LogP contribution in [-0.2, 0) is 45.3 Å². The third-order valence-corrected chi connectivity index (χ3v) is 15.6. The Bertz CT molecular complexity index is 3450. The number of carbonyl (C=O) groups is 5. The van der Waals surface area contributed by atoms with Gasteiger partial charge in [0, 0.05) is 54.8 Å². The van der Waals surface area contributed by atoms with Gasteiger partial charge in [-0.2, -0.15) is 18.3 Å². The lowest BCUT2D eigenvalue weighted by molar-refractivity contribution is -0.137. The van der Waals surface area contributed by atoms with Crippen LogP contribution in [-0.4, -0.2) is 92.1 Å². The lowest BCUT2D eigenvalue weighted by Crippen LogP contribution is -2.44. The van der Waals surface area contributed by atoms with Crippen molar-refractivity contribution in [3.8, 4) is 16.9 Å². The van der Waals surface area contributed by atoms with Crippen molar-refractivity contribution in [1.29, 1.82) is 0 Å². The zero-order chi connectivity index (χ0) is 55.0. The van der Waals surface area contributed by atoms with Gasteiger partial charge in [0.1, 0.15) is 17.2 Å². The summed E-state index contributed by atoms with van der Waals surface area (Å²) in [5.41, 5.74) is 2.38. The number of carbonyl (C=O) groups excluding carboxylic acids is 5. The van der Waals surface area contributed by atoms with Crippen LogP contribution in [0, 0.1) is 5.92 Å². The average Bonchev–Trinajstić information content (AvgIpc) is 4.08. The van der Waals surface area contributed by atoms with Crippen molar-refractivity contribution >= 4 is 78.7 Å². The fraction of sp³-hybridized carbons (Fsp3) is 0.379. The number of pyridine rings is 1. The highest BCUT2D eigenvalue weighted by molar-refractivity contribution is 7.22. The van der Waals surface area contributed by atoms with E-state index in [0.717, 1.165) is 57.6 Å². The van der Waals surface area contributed by atoms with E-state index in [1.54, 1.807) is 50.7 Å². The molecular weight excluding hydrogens is 1020 g/mol. The zero-order valence-electron chi connectivity index (χ0n) is 44.0. The van der Waals surface area contributed by atoms with Gasteiger partial charge in [-0.1, -0.05) is 41.7 Å². The van der Waals surface area contributed by atoms with Gasteiger partial charge < -0.3 is 19.7 Å². The quantitative estimate of drug-likeness (QED) is 0.0532. The van der Waals surface area contributed by atoms with Gasteiger partial charge >= 0.3 is 12.1 Å². The van der Waals surface area contributed by atoms with Crippen LogP contribution in [0.3, 0.4) is 0 Å². The van der Waals surface area contributed by atoms with Crippen molar-refractivity contribution < 1.29 is 46.6 Å². The highest BCUT2D eigenvalue weighted by Crippen LogP contribution is 2.42. The lowest BCUT2D eigenvalue weighted by atomic mass is 9.88. The van der Waals surface area contributed by atoms with E-state index in [4.69, 9.17) is 14.5 Å². The predicted molar refractivity (Wildman–Crippen MR) is 292 cm³/mol. The number of halogens is 3. The van der Waals surface area contributed by atoms with Crippen molar-refractivity contribution in [3.63, 3.8) is 0 Å². The number of alkyl halides is 3. The van der Waals surface area contributed by atoms with Gasteiger partial charge in [-0.05, 0) is 156 Å². The highest BCUT2D eigenvalue weighted by atomic mass is 32.1. The van der Waals surface area contributed by atoms with E-state index < -0.39 is 29.2 Å². The normalized spacial score (nSPS) is 18.2. The van der Waals surface area contributed by atoms with E-state index in [1.165, 1.54) is 29.5 Å². The molecule has 3 N–H and O–H groups in total. The highest BCUT2D eigenvalue weighted by Gasteiger charge is 2.37. The van der Waals surface area contributed by atoms with Gasteiger partial charge in [-0.25, -0.2) is 14.8 Å². The molecule has 0 saturated carbocycles. The second-order valence-corrected chi connectivity index (χ2v) is 22.4. The fourth-order valence-electron chi connectivity index (χ4n) is 10.8. The van der Waals surface area contributed by atoms with Crippen LogP contribution in [0.2, 0.25) is 0 Å². The number of benzene rings is 4. The van der Waals surface area contributed by atoms with E-state index >= 15 is 13.2 Å². The number of para-hydroxylation sites is 1. The monoisotopic (exact) mass is 1080 g/mol. The molecule has 3 aliphatic rings. The number of hydrogen-bond acceptors (Lipinski definition) is 13. The van der Waals surface area contributed by atoms with Crippen molar-refractivity contribution in [1.82, 2.24) is 30.0 Å². The smallest absolute Gasteiger partial charge is 0.417 e. The molecule has 0 bridgehead atoms. The number of piperidine rings is 2. The van der Waals surface area contributed by atoms with Crippen molar-refractivity contribution in [2.45, 2.75) is 103 Å². The Morgan fingerprint density at radius 1 is 0.885 bits per heavy atom. The summed E-state index contributed by atoms with van der Waals surface area (Å²) in [6.45, 7) is 8.92. The molecule has 4 amide bonds. The number of anilines is 3. The van der Waals surface area contributed by atoms with E-state index in [2.05, 4.69) is 37.9 Å². The van der Waals surface area contributed by atoms with Crippen LogP contribution in [0.5, 0.6) is 5.75 Å². The van der Waals surface area contributed by atoms with E-state index in [1.807, 2.05) is 53.4 Å². The number of ether oxygens (including phenoxy) is 2. The average molecular weight is 1080 g/mol. The first-order chi connectivity index (χ1) is 37.2. The summed E-state index contributed by atoms with van der Waals surface area (Å²) in [5, 5.41) is 14.2. The minimum atomic E-state index is -4.82. The molecule has 16 nitrogen and oxygen atoms in total. The molecule has 2 fully saturated rings. The molecule has 3 aliphatic heterocycles. The van der Waals surface area contributed by atoms with Crippen LogP contribution in [0.4, 0.5) is 29.8 Å². The SMILES string of the molecule is C[C@H]1C[C@@H](CCCOc2ccc(-c3ccc(N4CCc5cccc(C(=O)Nc6nc7ccccc7s6)c5C4)nc3C(=O)OC(C)(C)C)c(C(F)(F)F)c2)CCN1CC(=O)Nc1ccc2c(C3CCC(=O)NC3=O)nn(C)c2c1. The molecule has 20 heteroatoms. The molecular formula is C58H60F3N9O7S. The maximum Gasteiger partial charge on any atom is 0.417 e. The molecule has 4 aromatic carbocycles. The number of hydrogen-bond donors (Lipinski definition) is 3. The maximum atomic E-state index is 15.1. The third-order valence-electron chi connectivity index (χ3n) is 14.6. The van der Waals surface area contributed by atoms with Gasteiger partial charge in [-0.3, -0.25) is 39.4 Å². The Labute approximate surface area is 452 Å². The molecule has 7 aromatic rings. The van der Waals surface area contributed by atoms with Crippen LogP contribution in [0.25, 0.3) is 32.2 Å². The Balaban J connectivity index is 0.764. The number of likely N-dealkylation sites (tertiary alicyclic amines) is 1. The second-order valence-electron chi connectivity index (χ2n) is 21.3. The van der Waals surface area contributed by atoms with Gasteiger partial charge in [0.05, 0.1) is 46.1 Å². The van der Waals surface area contributed by atoms with Crippen LogP contribution >= 0.6 is 11.3 Å². The number of imide groups is 1. The molecule has 0 aliphatic carbocycles. The van der Waals surface area contributed by atoms with Crippen LogP contribution in [0.1, 0.15) is 115 Å². The van der Waals surface area contributed by atoms with Gasteiger partial charge in [0.2, 0.25) is 17.7 Å². The lowest BCUT2D eigenvalue weighted by Gasteiger charge is -2.37. The maximum absolute atomic E-state index is 15.1. The topological polar surface area (TPSA) is 190 Å². The molecule has 10 rings (SSSR count). The summed E-state index contributed by atoms with van der Waals surface area (Å²) in [5.74, 6) is -1.84. The summed E-state index contributed by atoms with van der Waals surface area (Å²) in [6.07, 6.45) is -0.566. The number of aromatic nitrogens is 4. The number of nitrogens with one attached hydrogen (secondary N) is 3. The van der Waals surface area contributed by atoms with Crippen LogP contribution in [0.15, 0.2) is 91.0 Å². The standard InChI is InChI=1S/C58H60F3N9O7S/c1-33-28-34(23-25-69(33)32-50(72)62-36-15-17-41-46(29-36)68(5)67-51(41)42-20-22-49(71)65-54(42)74)10-9-27-76-37-16-18-38(44(30-37)58(59,60)61)39-19-21-48(64-52(39)55(75)77-57(2,3)4)70-26-24-35-11-8-12-40(43(35)31-70)53(73)66-56-63-45-13-6-7-14-47(45)78-56/h6-8,11-19,21,29-30,33-34,42H,9-10,20,22-28,31-32H2,1-5H3,(H,62,72)(H,63,66,73)(H,65,71,74)/t33-,34-,42?/m0/s1. The third kappa shape index (κ3) is 11.9. The number of amides is 4. The molecule has 3 aromatic heterocycles. The Hall–Kier alpha value is -7.71. The Kier molecular flexibility index (Phi) is 15.1. The number of fused-ring (bicyclic) bond motifs is 3. The first-order valence-electron chi connectivity index (χ1n) is 26.2. The molecule has 78 heavy (non-hydrogen) atoms. The fourth-order valence-corrected chi connectivity index (χ4v) is 11.7.